The first-order chi connectivity index (χ1) is 7.51. The van der Waals surface area contributed by atoms with Crippen LogP contribution in [0.25, 0.3) is 0 Å². The Morgan fingerprint density at radius 3 is 2.44 bits per heavy atom. The maximum atomic E-state index is 11.4. The van der Waals surface area contributed by atoms with Gasteiger partial charge in [-0.15, -0.1) is 0 Å². The molecule has 1 unspecified atom stereocenters. The minimum absolute atomic E-state index is 0.202. The summed E-state index contributed by atoms with van der Waals surface area (Å²) in [7, 11) is 1.24. The molecule has 0 amide bonds. The monoisotopic (exact) mass is 244 g/mol. The number of halogens is 1. The summed E-state index contributed by atoms with van der Waals surface area (Å²) < 4.78 is 4.55. The first kappa shape index (κ1) is 13.0. The molecule has 0 radical (unpaired) electrons. The molecule has 1 atom stereocenters. The average Bonchev–Trinajstić information content (AvgIpc) is 2.31. The zero-order valence-electron chi connectivity index (χ0n) is 9.07. The van der Waals surface area contributed by atoms with Crippen molar-refractivity contribution >= 4 is 17.6 Å². The van der Waals surface area contributed by atoms with Crippen LogP contribution in [-0.2, 0) is 20.8 Å². The lowest BCUT2D eigenvalue weighted by Gasteiger charge is -2.22. The second-order valence-corrected chi connectivity index (χ2v) is 4.05. The van der Waals surface area contributed by atoms with Crippen LogP contribution in [0.2, 0.25) is 5.02 Å². The molecule has 0 aliphatic rings. The summed E-state index contributed by atoms with van der Waals surface area (Å²) in [6.07, 6.45) is 0.202. The molecule has 5 heteroatoms. The van der Waals surface area contributed by atoms with Crippen molar-refractivity contribution in [2.45, 2.75) is 18.9 Å². The van der Waals surface area contributed by atoms with Crippen molar-refractivity contribution in [2.24, 2.45) is 0 Å². The molecule has 0 aliphatic carbocycles. The summed E-state index contributed by atoms with van der Waals surface area (Å²) in [5.41, 5.74) is -0.589. The number of carbonyl (C=O) groups excluding carboxylic acids is 1. The maximum Gasteiger partial charge on any atom is 0.341 e. The molecule has 0 saturated carbocycles. The zero-order valence-corrected chi connectivity index (χ0v) is 9.82. The standard InChI is InChI=1S/C11H13ClO4/c1-11(16-14,10(13)15-2)7-8-3-5-9(12)6-4-8/h3-6,14H,7H2,1-2H3. The molecule has 0 bridgehead atoms. The van der Waals surface area contributed by atoms with Gasteiger partial charge in [-0.3, -0.25) is 5.26 Å². The van der Waals surface area contributed by atoms with E-state index in [9.17, 15) is 4.79 Å². The molecule has 1 aromatic carbocycles. The van der Waals surface area contributed by atoms with Gasteiger partial charge in [-0.1, -0.05) is 23.7 Å². The minimum atomic E-state index is -1.40. The lowest BCUT2D eigenvalue weighted by Crippen LogP contribution is -2.40. The third-order valence-corrected chi connectivity index (χ3v) is 2.53. The minimum Gasteiger partial charge on any atom is -0.467 e. The molecule has 88 valence electrons. The van der Waals surface area contributed by atoms with Crippen LogP contribution in [0, 0.1) is 0 Å². The van der Waals surface area contributed by atoms with Gasteiger partial charge in [-0.2, -0.15) is 0 Å². The van der Waals surface area contributed by atoms with Gasteiger partial charge in [-0.05, 0) is 24.6 Å². The Morgan fingerprint density at radius 1 is 1.44 bits per heavy atom. The van der Waals surface area contributed by atoms with E-state index in [1.165, 1.54) is 14.0 Å². The van der Waals surface area contributed by atoms with Crippen molar-refractivity contribution in [3.8, 4) is 0 Å². The van der Waals surface area contributed by atoms with E-state index in [4.69, 9.17) is 16.9 Å². The molecule has 0 heterocycles. The van der Waals surface area contributed by atoms with Crippen LogP contribution in [0.4, 0.5) is 0 Å². The van der Waals surface area contributed by atoms with Crippen LogP contribution < -0.4 is 0 Å². The Kier molecular flexibility index (Phi) is 4.29. The molecule has 0 aliphatic heterocycles. The van der Waals surface area contributed by atoms with Gasteiger partial charge in [0.1, 0.15) is 0 Å². The van der Waals surface area contributed by atoms with E-state index in [1.807, 2.05) is 0 Å². The molecular weight excluding hydrogens is 232 g/mol. The summed E-state index contributed by atoms with van der Waals surface area (Å²) in [4.78, 5) is 15.6. The summed E-state index contributed by atoms with van der Waals surface area (Å²) in [6.45, 7) is 1.45. The predicted octanol–water partition coefficient (Wildman–Crippen LogP) is 2.30. The molecule has 0 aromatic heterocycles. The van der Waals surface area contributed by atoms with Crippen molar-refractivity contribution in [3.63, 3.8) is 0 Å². The van der Waals surface area contributed by atoms with Crippen LogP contribution in [0.15, 0.2) is 24.3 Å². The van der Waals surface area contributed by atoms with Gasteiger partial charge in [0, 0.05) is 11.4 Å². The van der Waals surface area contributed by atoms with E-state index in [0.29, 0.717) is 5.02 Å². The van der Waals surface area contributed by atoms with E-state index in [0.717, 1.165) is 5.56 Å². The highest BCUT2D eigenvalue weighted by Gasteiger charge is 2.36. The first-order valence-corrected chi connectivity index (χ1v) is 5.05. The number of ether oxygens (including phenoxy) is 1. The first-order valence-electron chi connectivity index (χ1n) is 4.67. The Bertz CT molecular complexity index is 363. The quantitative estimate of drug-likeness (QED) is 0.502. The third-order valence-electron chi connectivity index (χ3n) is 2.27. The van der Waals surface area contributed by atoms with Crippen molar-refractivity contribution in [3.05, 3.63) is 34.9 Å². The predicted molar refractivity (Wildman–Crippen MR) is 59.3 cm³/mol. The fourth-order valence-corrected chi connectivity index (χ4v) is 1.48. The number of hydrogen-bond acceptors (Lipinski definition) is 4. The molecule has 0 spiro atoms. The van der Waals surface area contributed by atoms with Crippen LogP contribution in [0.1, 0.15) is 12.5 Å². The Balaban J connectivity index is 2.84. The topological polar surface area (TPSA) is 55.8 Å². The number of hydrogen-bond donors (Lipinski definition) is 1. The number of rotatable bonds is 4. The normalized spacial score (nSPS) is 14.2. The Labute approximate surface area is 98.7 Å². The molecule has 1 aromatic rings. The van der Waals surface area contributed by atoms with Gasteiger partial charge in [-0.25, -0.2) is 9.68 Å². The number of carbonyl (C=O) groups is 1. The zero-order chi connectivity index (χ0) is 12.2. The highest BCUT2D eigenvalue weighted by atomic mass is 35.5. The van der Waals surface area contributed by atoms with Crippen LogP contribution in [0.5, 0.6) is 0 Å². The van der Waals surface area contributed by atoms with Gasteiger partial charge >= 0.3 is 5.97 Å². The Hall–Kier alpha value is -1.10. The van der Waals surface area contributed by atoms with E-state index in [2.05, 4.69) is 9.62 Å². The summed E-state index contributed by atoms with van der Waals surface area (Å²) >= 11 is 5.73. The summed E-state index contributed by atoms with van der Waals surface area (Å²) in [6, 6.07) is 6.91. The van der Waals surface area contributed by atoms with Gasteiger partial charge in [0.05, 0.1) is 7.11 Å². The van der Waals surface area contributed by atoms with Gasteiger partial charge < -0.3 is 4.74 Å². The third kappa shape index (κ3) is 2.95. The lowest BCUT2D eigenvalue weighted by molar-refractivity contribution is -0.312. The highest BCUT2D eigenvalue weighted by Crippen LogP contribution is 2.20. The molecule has 16 heavy (non-hydrogen) atoms. The average molecular weight is 245 g/mol. The van der Waals surface area contributed by atoms with Crippen molar-refractivity contribution in [1.29, 1.82) is 0 Å². The summed E-state index contributed by atoms with van der Waals surface area (Å²) in [5.74, 6) is -0.634. The van der Waals surface area contributed by atoms with Crippen LogP contribution >= 0.6 is 11.6 Å². The van der Waals surface area contributed by atoms with E-state index < -0.39 is 11.6 Å². The fraction of sp³-hybridized carbons (Fsp3) is 0.364. The Morgan fingerprint density at radius 2 is 2.00 bits per heavy atom. The SMILES string of the molecule is COC(=O)C(C)(Cc1ccc(Cl)cc1)OO. The summed E-state index contributed by atoms with van der Waals surface area (Å²) in [5, 5.41) is 9.38. The van der Waals surface area contributed by atoms with E-state index in [-0.39, 0.29) is 6.42 Å². The smallest absolute Gasteiger partial charge is 0.341 e. The molecule has 4 nitrogen and oxygen atoms in total. The van der Waals surface area contributed by atoms with E-state index >= 15 is 0 Å². The maximum absolute atomic E-state index is 11.4. The van der Waals surface area contributed by atoms with Crippen molar-refractivity contribution in [1.82, 2.24) is 0 Å². The van der Waals surface area contributed by atoms with Crippen molar-refractivity contribution < 1.29 is 19.7 Å². The van der Waals surface area contributed by atoms with Crippen molar-refractivity contribution in [2.75, 3.05) is 7.11 Å². The molecule has 1 N–H and O–H groups in total. The van der Waals surface area contributed by atoms with Gasteiger partial charge in [0.25, 0.3) is 0 Å². The van der Waals surface area contributed by atoms with E-state index in [1.54, 1.807) is 24.3 Å². The lowest BCUT2D eigenvalue weighted by atomic mass is 9.97. The highest BCUT2D eigenvalue weighted by molar-refractivity contribution is 6.30. The van der Waals surface area contributed by atoms with Crippen LogP contribution in [0.3, 0.4) is 0 Å². The molecule has 0 saturated heterocycles. The largest absolute Gasteiger partial charge is 0.467 e. The van der Waals surface area contributed by atoms with Gasteiger partial charge in [0.2, 0.25) is 5.60 Å². The number of esters is 1. The second kappa shape index (κ2) is 5.30. The molecule has 0 fully saturated rings. The van der Waals surface area contributed by atoms with Crippen LogP contribution in [-0.4, -0.2) is 23.9 Å². The molecule has 1 rings (SSSR count). The molecular formula is C11H13ClO4. The fourth-order valence-electron chi connectivity index (χ4n) is 1.35. The van der Waals surface area contributed by atoms with Gasteiger partial charge in [0.15, 0.2) is 0 Å². The second-order valence-electron chi connectivity index (χ2n) is 3.62. The number of benzene rings is 1. The number of methoxy groups -OCH3 is 1.